The van der Waals surface area contributed by atoms with Gasteiger partial charge in [-0.1, -0.05) is 24.4 Å². The van der Waals surface area contributed by atoms with Gasteiger partial charge in [-0.15, -0.1) is 11.6 Å². The smallest absolute Gasteiger partial charge is 0.258 e. The van der Waals surface area contributed by atoms with Crippen molar-refractivity contribution in [2.45, 2.75) is 43.6 Å². The van der Waals surface area contributed by atoms with Gasteiger partial charge in [-0.2, -0.15) is 4.98 Å². The average molecular weight is 231 g/mol. The predicted octanol–water partition coefficient (Wildman–Crippen LogP) is 2.61. The van der Waals surface area contributed by atoms with Gasteiger partial charge in [-0.3, -0.25) is 0 Å². The van der Waals surface area contributed by atoms with Crippen LogP contribution < -0.4 is 0 Å². The van der Waals surface area contributed by atoms with Crippen LogP contribution in [0, 0.1) is 0 Å². The number of methoxy groups -OCH3 is 1. The van der Waals surface area contributed by atoms with Gasteiger partial charge in [-0.05, 0) is 12.8 Å². The Balaban J connectivity index is 2.24. The van der Waals surface area contributed by atoms with Gasteiger partial charge in [0, 0.05) is 7.11 Å². The molecular formula is C10H15ClN2O2. The van der Waals surface area contributed by atoms with Gasteiger partial charge < -0.3 is 9.26 Å². The SMILES string of the molecule is COC1(c2nc(CCl)no2)CCCCC1. The van der Waals surface area contributed by atoms with Crippen LogP contribution in [0.2, 0.25) is 0 Å². The molecule has 0 aromatic carbocycles. The lowest BCUT2D eigenvalue weighted by atomic mass is 9.84. The molecule has 1 saturated carbocycles. The summed E-state index contributed by atoms with van der Waals surface area (Å²) in [5.41, 5.74) is -0.366. The minimum absolute atomic E-state index is 0.281. The zero-order valence-electron chi connectivity index (χ0n) is 8.83. The van der Waals surface area contributed by atoms with E-state index in [0.29, 0.717) is 11.7 Å². The van der Waals surface area contributed by atoms with Crippen molar-refractivity contribution in [1.82, 2.24) is 10.1 Å². The second-order valence-electron chi connectivity index (χ2n) is 3.91. The molecular weight excluding hydrogens is 216 g/mol. The van der Waals surface area contributed by atoms with Crippen LogP contribution in [0.1, 0.15) is 43.8 Å². The van der Waals surface area contributed by atoms with Crippen molar-refractivity contribution in [2.24, 2.45) is 0 Å². The van der Waals surface area contributed by atoms with Gasteiger partial charge in [0.15, 0.2) is 5.82 Å². The molecule has 0 amide bonds. The lowest BCUT2D eigenvalue weighted by molar-refractivity contribution is -0.0672. The fourth-order valence-corrected chi connectivity index (χ4v) is 2.23. The van der Waals surface area contributed by atoms with Crippen LogP contribution in [0.25, 0.3) is 0 Å². The second kappa shape index (κ2) is 4.49. The molecule has 0 aliphatic heterocycles. The van der Waals surface area contributed by atoms with Crippen molar-refractivity contribution >= 4 is 11.6 Å². The van der Waals surface area contributed by atoms with E-state index in [0.717, 1.165) is 25.7 Å². The fraction of sp³-hybridized carbons (Fsp3) is 0.800. The topological polar surface area (TPSA) is 48.2 Å². The van der Waals surface area contributed by atoms with E-state index in [9.17, 15) is 0 Å². The lowest BCUT2D eigenvalue weighted by Crippen LogP contribution is -2.31. The maximum atomic E-state index is 5.64. The summed E-state index contributed by atoms with van der Waals surface area (Å²) in [5.74, 6) is 1.40. The number of nitrogens with zero attached hydrogens (tertiary/aromatic N) is 2. The maximum absolute atomic E-state index is 5.64. The molecule has 2 rings (SSSR count). The lowest BCUT2D eigenvalue weighted by Gasteiger charge is -2.32. The quantitative estimate of drug-likeness (QED) is 0.749. The first-order chi connectivity index (χ1) is 7.30. The molecule has 0 radical (unpaired) electrons. The number of ether oxygens (including phenoxy) is 1. The van der Waals surface area contributed by atoms with Crippen LogP contribution in [0.5, 0.6) is 0 Å². The van der Waals surface area contributed by atoms with E-state index in [1.54, 1.807) is 7.11 Å². The van der Waals surface area contributed by atoms with Gasteiger partial charge in [0.1, 0.15) is 5.60 Å². The monoisotopic (exact) mass is 230 g/mol. The Labute approximate surface area is 93.9 Å². The molecule has 0 spiro atoms. The van der Waals surface area contributed by atoms with Crippen LogP contribution in [-0.4, -0.2) is 17.3 Å². The molecule has 0 unspecified atom stereocenters. The van der Waals surface area contributed by atoms with Crippen molar-refractivity contribution in [3.05, 3.63) is 11.7 Å². The van der Waals surface area contributed by atoms with E-state index in [1.807, 2.05) is 0 Å². The van der Waals surface area contributed by atoms with Crippen LogP contribution in [0.15, 0.2) is 4.52 Å². The largest absolute Gasteiger partial charge is 0.368 e. The van der Waals surface area contributed by atoms with Crippen LogP contribution in [0.4, 0.5) is 0 Å². The molecule has 5 heteroatoms. The molecule has 1 aliphatic carbocycles. The predicted molar refractivity (Wildman–Crippen MR) is 55.6 cm³/mol. The van der Waals surface area contributed by atoms with E-state index in [4.69, 9.17) is 20.9 Å². The Hall–Kier alpha value is -0.610. The molecule has 1 fully saturated rings. The summed E-state index contributed by atoms with van der Waals surface area (Å²) >= 11 is 5.64. The van der Waals surface area contributed by atoms with E-state index >= 15 is 0 Å². The Morgan fingerprint density at radius 3 is 2.67 bits per heavy atom. The number of hydrogen-bond donors (Lipinski definition) is 0. The summed E-state index contributed by atoms with van der Waals surface area (Å²) in [6.45, 7) is 0. The van der Waals surface area contributed by atoms with E-state index in [1.165, 1.54) is 6.42 Å². The molecule has 0 bridgehead atoms. The van der Waals surface area contributed by atoms with Gasteiger partial charge in [0.2, 0.25) is 0 Å². The van der Waals surface area contributed by atoms with Gasteiger partial charge in [0.05, 0.1) is 5.88 Å². The van der Waals surface area contributed by atoms with Crippen molar-refractivity contribution < 1.29 is 9.26 Å². The third kappa shape index (κ3) is 2.01. The summed E-state index contributed by atoms with van der Waals surface area (Å²) in [6.07, 6.45) is 5.45. The molecule has 84 valence electrons. The number of halogens is 1. The normalized spacial score (nSPS) is 20.4. The summed E-state index contributed by atoms with van der Waals surface area (Å²) in [4.78, 5) is 4.26. The minimum Gasteiger partial charge on any atom is -0.368 e. The van der Waals surface area contributed by atoms with Crippen LogP contribution in [0.3, 0.4) is 0 Å². The summed E-state index contributed by atoms with van der Waals surface area (Å²) in [5, 5.41) is 3.80. The number of rotatable bonds is 3. The molecule has 1 aliphatic rings. The van der Waals surface area contributed by atoms with Crippen LogP contribution >= 0.6 is 11.6 Å². The first-order valence-corrected chi connectivity index (χ1v) is 5.78. The number of aromatic nitrogens is 2. The highest BCUT2D eigenvalue weighted by Crippen LogP contribution is 2.39. The molecule has 4 nitrogen and oxygen atoms in total. The van der Waals surface area contributed by atoms with E-state index < -0.39 is 0 Å². The zero-order valence-corrected chi connectivity index (χ0v) is 9.59. The highest BCUT2D eigenvalue weighted by Gasteiger charge is 2.39. The highest BCUT2D eigenvalue weighted by atomic mass is 35.5. The second-order valence-corrected chi connectivity index (χ2v) is 4.18. The zero-order chi connectivity index (χ0) is 10.7. The van der Waals surface area contributed by atoms with Crippen molar-refractivity contribution in [3.8, 4) is 0 Å². The van der Waals surface area contributed by atoms with Crippen molar-refractivity contribution in [3.63, 3.8) is 0 Å². The molecule has 1 aromatic heterocycles. The van der Waals surface area contributed by atoms with Gasteiger partial charge in [-0.25, -0.2) is 0 Å². The molecule has 1 aromatic rings. The standard InChI is InChI=1S/C10H15ClN2O2/c1-14-10(5-3-2-4-6-10)9-12-8(7-11)13-15-9/h2-7H2,1H3. The highest BCUT2D eigenvalue weighted by molar-refractivity contribution is 6.16. The average Bonchev–Trinajstić information content (AvgIpc) is 2.79. The Morgan fingerprint density at radius 1 is 1.40 bits per heavy atom. The molecule has 0 N–H and O–H groups in total. The summed E-state index contributed by atoms with van der Waals surface area (Å²) < 4.78 is 10.8. The number of hydrogen-bond acceptors (Lipinski definition) is 4. The van der Waals surface area contributed by atoms with E-state index in [2.05, 4.69) is 10.1 Å². The molecule has 1 heterocycles. The Morgan fingerprint density at radius 2 is 2.13 bits per heavy atom. The third-order valence-corrected chi connectivity index (χ3v) is 3.27. The molecule has 15 heavy (non-hydrogen) atoms. The Kier molecular flexibility index (Phi) is 3.26. The fourth-order valence-electron chi connectivity index (χ4n) is 2.12. The molecule has 0 atom stereocenters. The van der Waals surface area contributed by atoms with Crippen LogP contribution in [-0.2, 0) is 16.2 Å². The third-order valence-electron chi connectivity index (χ3n) is 3.03. The summed E-state index contributed by atoms with van der Waals surface area (Å²) in [6, 6.07) is 0. The molecule has 0 saturated heterocycles. The van der Waals surface area contributed by atoms with Crippen molar-refractivity contribution in [1.29, 1.82) is 0 Å². The van der Waals surface area contributed by atoms with Crippen molar-refractivity contribution in [2.75, 3.05) is 7.11 Å². The van der Waals surface area contributed by atoms with E-state index in [-0.39, 0.29) is 11.5 Å². The first-order valence-electron chi connectivity index (χ1n) is 5.25. The number of alkyl halides is 1. The minimum atomic E-state index is -0.366. The first kappa shape index (κ1) is 10.9. The maximum Gasteiger partial charge on any atom is 0.258 e. The van der Waals surface area contributed by atoms with Gasteiger partial charge >= 0.3 is 0 Å². The Bertz CT molecular complexity index is 321. The van der Waals surface area contributed by atoms with Gasteiger partial charge in [0.25, 0.3) is 5.89 Å². The summed E-state index contributed by atoms with van der Waals surface area (Å²) in [7, 11) is 1.70.